The van der Waals surface area contributed by atoms with Gasteiger partial charge in [-0.05, 0) is 32.4 Å². The first-order valence-electron chi connectivity index (χ1n) is 5.05. The summed E-state index contributed by atoms with van der Waals surface area (Å²) < 4.78 is 13.7. The predicted molar refractivity (Wildman–Crippen MR) is 52.6 cm³/mol. The summed E-state index contributed by atoms with van der Waals surface area (Å²) in [6.07, 6.45) is 3.36. The van der Waals surface area contributed by atoms with Gasteiger partial charge in [0.05, 0.1) is 0 Å². The average Bonchev–Trinajstić information content (AvgIpc) is 2.54. The van der Waals surface area contributed by atoms with E-state index < -0.39 is 5.67 Å². The lowest BCUT2D eigenvalue weighted by molar-refractivity contribution is 0.0556. The number of piperidine rings is 1. The highest BCUT2D eigenvalue weighted by molar-refractivity contribution is 4.98. The largest absolute Gasteiger partial charge is 0.294 e. The Morgan fingerprint density at radius 2 is 2.57 bits per heavy atom. The van der Waals surface area contributed by atoms with Gasteiger partial charge in [-0.2, -0.15) is 5.10 Å². The summed E-state index contributed by atoms with van der Waals surface area (Å²) in [6, 6.07) is 1.93. The van der Waals surface area contributed by atoms with Crippen molar-refractivity contribution in [3.05, 3.63) is 18.0 Å². The summed E-state index contributed by atoms with van der Waals surface area (Å²) in [7, 11) is 0. The van der Waals surface area contributed by atoms with Crippen LogP contribution < -0.4 is 0 Å². The van der Waals surface area contributed by atoms with E-state index >= 15 is 0 Å². The van der Waals surface area contributed by atoms with Gasteiger partial charge in [0, 0.05) is 25.0 Å². The molecule has 0 amide bonds. The van der Waals surface area contributed by atoms with Crippen LogP contribution in [0.4, 0.5) is 4.39 Å². The van der Waals surface area contributed by atoms with Crippen molar-refractivity contribution in [1.29, 1.82) is 0 Å². The number of likely N-dealkylation sites (tertiary alicyclic amines) is 1. The average molecular weight is 197 g/mol. The predicted octanol–water partition coefficient (Wildman–Crippen LogP) is 1.73. The summed E-state index contributed by atoms with van der Waals surface area (Å²) in [5, 5.41) is 6.78. The van der Waals surface area contributed by atoms with Crippen molar-refractivity contribution in [3.63, 3.8) is 0 Å². The van der Waals surface area contributed by atoms with Gasteiger partial charge in [-0.15, -0.1) is 0 Å². The number of nitrogens with zero attached hydrogens (tertiary/aromatic N) is 2. The van der Waals surface area contributed by atoms with Gasteiger partial charge in [0.1, 0.15) is 5.67 Å². The van der Waals surface area contributed by atoms with Crippen LogP contribution in [0.1, 0.15) is 25.5 Å². The van der Waals surface area contributed by atoms with Gasteiger partial charge in [-0.25, -0.2) is 4.39 Å². The monoisotopic (exact) mass is 197 g/mol. The topological polar surface area (TPSA) is 31.9 Å². The molecule has 78 valence electrons. The summed E-state index contributed by atoms with van der Waals surface area (Å²) >= 11 is 0. The zero-order chi connectivity index (χ0) is 10.0. The van der Waals surface area contributed by atoms with Gasteiger partial charge < -0.3 is 0 Å². The Hall–Kier alpha value is -0.900. The van der Waals surface area contributed by atoms with E-state index in [1.807, 2.05) is 6.07 Å². The molecule has 4 heteroatoms. The Kier molecular flexibility index (Phi) is 2.54. The molecular weight excluding hydrogens is 181 g/mol. The molecule has 0 aromatic carbocycles. The number of hydrogen-bond acceptors (Lipinski definition) is 2. The fourth-order valence-corrected chi connectivity index (χ4v) is 2.04. The molecule has 1 fully saturated rings. The Labute approximate surface area is 83.3 Å². The van der Waals surface area contributed by atoms with Crippen LogP contribution in [-0.4, -0.2) is 33.9 Å². The molecule has 1 N–H and O–H groups in total. The number of alkyl halides is 1. The second-order valence-electron chi connectivity index (χ2n) is 4.31. The third-order valence-electron chi connectivity index (χ3n) is 2.68. The Morgan fingerprint density at radius 1 is 1.71 bits per heavy atom. The number of aromatic nitrogens is 2. The van der Waals surface area contributed by atoms with Crippen molar-refractivity contribution in [2.45, 2.75) is 32.0 Å². The molecule has 3 nitrogen and oxygen atoms in total. The molecule has 1 aliphatic rings. The second kappa shape index (κ2) is 3.69. The zero-order valence-corrected chi connectivity index (χ0v) is 8.46. The fourth-order valence-electron chi connectivity index (χ4n) is 2.04. The zero-order valence-electron chi connectivity index (χ0n) is 8.46. The van der Waals surface area contributed by atoms with Crippen LogP contribution in [0, 0.1) is 0 Å². The van der Waals surface area contributed by atoms with Crippen molar-refractivity contribution in [3.8, 4) is 0 Å². The lowest BCUT2D eigenvalue weighted by Crippen LogP contribution is -2.42. The van der Waals surface area contributed by atoms with Gasteiger partial charge in [-0.3, -0.25) is 10.00 Å². The molecule has 1 aromatic rings. The van der Waals surface area contributed by atoms with Crippen molar-refractivity contribution in [2.75, 3.05) is 13.1 Å². The van der Waals surface area contributed by atoms with E-state index in [4.69, 9.17) is 0 Å². The molecule has 14 heavy (non-hydrogen) atoms. The highest BCUT2D eigenvalue weighted by atomic mass is 19.1. The third kappa shape index (κ3) is 2.32. The molecule has 0 aliphatic carbocycles. The Balaban J connectivity index is 1.92. The molecular formula is C10H16FN3. The normalized spacial score (nSPS) is 29.3. The van der Waals surface area contributed by atoms with Crippen LogP contribution in [0.15, 0.2) is 12.3 Å². The minimum atomic E-state index is -1.02. The second-order valence-corrected chi connectivity index (χ2v) is 4.31. The molecule has 1 aromatic heterocycles. The molecule has 2 rings (SSSR count). The SMILES string of the molecule is C[C@@]1(F)CCCN(Cc2ccn[nH]2)C1. The van der Waals surface area contributed by atoms with Crippen LogP contribution in [0.2, 0.25) is 0 Å². The molecule has 0 radical (unpaired) electrons. The van der Waals surface area contributed by atoms with Crippen LogP contribution in [-0.2, 0) is 6.54 Å². The van der Waals surface area contributed by atoms with Crippen LogP contribution in [0.3, 0.4) is 0 Å². The van der Waals surface area contributed by atoms with Crippen molar-refractivity contribution < 1.29 is 4.39 Å². The number of hydrogen-bond donors (Lipinski definition) is 1. The summed E-state index contributed by atoms with van der Waals surface area (Å²) in [5.41, 5.74) is 0.0425. The van der Waals surface area contributed by atoms with E-state index in [2.05, 4.69) is 15.1 Å². The Bertz CT molecular complexity index is 282. The van der Waals surface area contributed by atoms with Gasteiger partial charge in [0.25, 0.3) is 0 Å². The van der Waals surface area contributed by atoms with E-state index in [1.165, 1.54) is 0 Å². The van der Waals surface area contributed by atoms with E-state index in [9.17, 15) is 4.39 Å². The van der Waals surface area contributed by atoms with Crippen LogP contribution in [0.25, 0.3) is 0 Å². The molecule has 0 unspecified atom stereocenters. The maximum absolute atomic E-state index is 13.7. The number of aromatic amines is 1. The lowest BCUT2D eigenvalue weighted by Gasteiger charge is -2.34. The van der Waals surface area contributed by atoms with E-state index in [0.29, 0.717) is 13.0 Å². The molecule has 1 aliphatic heterocycles. The van der Waals surface area contributed by atoms with Crippen molar-refractivity contribution in [2.24, 2.45) is 0 Å². The smallest absolute Gasteiger partial charge is 0.120 e. The minimum absolute atomic E-state index is 0.534. The standard InChI is InChI=1S/C10H16FN3/c1-10(11)4-2-6-14(8-10)7-9-3-5-12-13-9/h3,5H,2,4,6-8H2,1H3,(H,12,13)/t10-/m1/s1. The number of nitrogens with one attached hydrogen (secondary N) is 1. The molecule has 1 saturated heterocycles. The van der Waals surface area contributed by atoms with E-state index in [1.54, 1.807) is 13.1 Å². The van der Waals surface area contributed by atoms with E-state index in [-0.39, 0.29) is 0 Å². The highest BCUT2D eigenvalue weighted by Crippen LogP contribution is 2.25. The first-order valence-corrected chi connectivity index (χ1v) is 5.05. The maximum atomic E-state index is 13.7. The van der Waals surface area contributed by atoms with Crippen LogP contribution >= 0.6 is 0 Å². The number of H-pyrrole nitrogens is 1. The van der Waals surface area contributed by atoms with Crippen molar-refractivity contribution in [1.82, 2.24) is 15.1 Å². The molecule has 0 spiro atoms. The first kappa shape index (κ1) is 9.65. The minimum Gasteiger partial charge on any atom is -0.294 e. The lowest BCUT2D eigenvalue weighted by atomic mass is 9.97. The maximum Gasteiger partial charge on any atom is 0.120 e. The van der Waals surface area contributed by atoms with E-state index in [0.717, 1.165) is 25.2 Å². The fraction of sp³-hybridized carbons (Fsp3) is 0.700. The van der Waals surface area contributed by atoms with Gasteiger partial charge >= 0.3 is 0 Å². The number of rotatable bonds is 2. The summed E-state index contributed by atoms with van der Waals surface area (Å²) in [4.78, 5) is 2.14. The Morgan fingerprint density at radius 3 is 3.21 bits per heavy atom. The van der Waals surface area contributed by atoms with Gasteiger partial charge in [-0.1, -0.05) is 0 Å². The van der Waals surface area contributed by atoms with Crippen LogP contribution in [0.5, 0.6) is 0 Å². The molecule has 0 bridgehead atoms. The third-order valence-corrected chi connectivity index (χ3v) is 2.68. The summed E-state index contributed by atoms with van der Waals surface area (Å²) in [6.45, 7) is 3.98. The quantitative estimate of drug-likeness (QED) is 0.783. The highest BCUT2D eigenvalue weighted by Gasteiger charge is 2.30. The first-order chi connectivity index (χ1) is 6.66. The molecule has 2 heterocycles. The van der Waals surface area contributed by atoms with Crippen molar-refractivity contribution >= 4 is 0 Å². The molecule has 0 saturated carbocycles. The summed E-state index contributed by atoms with van der Waals surface area (Å²) in [5.74, 6) is 0. The van der Waals surface area contributed by atoms with Gasteiger partial charge in [0.15, 0.2) is 0 Å². The number of halogens is 1. The molecule has 1 atom stereocenters. The van der Waals surface area contributed by atoms with Gasteiger partial charge in [0.2, 0.25) is 0 Å².